The molecule has 1 saturated heterocycles. The van der Waals surface area contributed by atoms with Crippen LogP contribution in [0.25, 0.3) is 0 Å². The number of hydrogen-bond donors (Lipinski definition) is 3. The molecule has 1 aliphatic rings. The van der Waals surface area contributed by atoms with E-state index >= 15 is 0 Å². The minimum absolute atomic E-state index is 0.0370. The number of carbonyl (C=O) groups is 2. The third-order valence-corrected chi connectivity index (χ3v) is 4.18. The molecule has 0 aromatic heterocycles. The van der Waals surface area contributed by atoms with Gasteiger partial charge in [-0.2, -0.15) is 0 Å². The van der Waals surface area contributed by atoms with E-state index in [0.717, 1.165) is 25.9 Å². The Morgan fingerprint density at radius 1 is 1.26 bits per heavy atom. The van der Waals surface area contributed by atoms with E-state index in [0.29, 0.717) is 24.2 Å². The fraction of sp³-hybridized carbons (Fsp3) is 0.833. The van der Waals surface area contributed by atoms with E-state index in [9.17, 15) is 9.59 Å². The molecular formula is C12H23N3O3S. The molecule has 19 heavy (non-hydrogen) atoms. The van der Waals surface area contributed by atoms with Crippen LogP contribution in [0.15, 0.2) is 0 Å². The molecule has 0 aromatic rings. The van der Waals surface area contributed by atoms with Gasteiger partial charge in [0.25, 0.3) is 0 Å². The topological polar surface area (TPSA) is 79.5 Å². The Labute approximate surface area is 118 Å². The Balaban J connectivity index is 2.02. The van der Waals surface area contributed by atoms with Crippen molar-refractivity contribution < 1.29 is 14.3 Å². The third-order valence-electron chi connectivity index (χ3n) is 2.81. The molecule has 0 radical (unpaired) electrons. The Bertz CT molecular complexity index is 283. The second kappa shape index (κ2) is 10.1. The quantitative estimate of drug-likeness (QED) is 0.518. The van der Waals surface area contributed by atoms with Crippen molar-refractivity contribution in [3.8, 4) is 0 Å². The predicted molar refractivity (Wildman–Crippen MR) is 76.2 cm³/mol. The number of methoxy groups -OCH3 is 1. The van der Waals surface area contributed by atoms with Crippen molar-refractivity contribution in [1.82, 2.24) is 16.0 Å². The third kappa shape index (κ3) is 8.07. The van der Waals surface area contributed by atoms with Gasteiger partial charge < -0.3 is 20.7 Å². The summed E-state index contributed by atoms with van der Waals surface area (Å²) in [5, 5.41) is 9.12. The first-order chi connectivity index (χ1) is 9.22. The van der Waals surface area contributed by atoms with Crippen LogP contribution in [0.3, 0.4) is 0 Å². The van der Waals surface area contributed by atoms with E-state index in [1.807, 2.05) is 0 Å². The molecule has 0 aromatic carbocycles. The lowest BCUT2D eigenvalue weighted by atomic mass is 10.2. The fourth-order valence-electron chi connectivity index (χ4n) is 1.74. The molecule has 7 heteroatoms. The van der Waals surface area contributed by atoms with E-state index in [-0.39, 0.29) is 18.4 Å². The maximum atomic E-state index is 11.6. The van der Waals surface area contributed by atoms with Crippen LogP contribution in [0, 0.1) is 0 Å². The first kappa shape index (κ1) is 16.3. The van der Waals surface area contributed by atoms with Gasteiger partial charge >= 0.3 is 0 Å². The molecule has 6 nitrogen and oxygen atoms in total. The number of hydrogen-bond acceptors (Lipinski definition) is 5. The van der Waals surface area contributed by atoms with Gasteiger partial charge in [-0.05, 0) is 25.9 Å². The van der Waals surface area contributed by atoms with Gasteiger partial charge in [0.15, 0.2) is 0 Å². The summed E-state index contributed by atoms with van der Waals surface area (Å²) in [5.41, 5.74) is 0. The zero-order valence-electron chi connectivity index (χ0n) is 11.4. The Kier molecular flexibility index (Phi) is 8.61. The Hall–Kier alpha value is -0.790. The van der Waals surface area contributed by atoms with Gasteiger partial charge in [0.05, 0.1) is 18.9 Å². The summed E-state index contributed by atoms with van der Waals surface area (Å²) in [4.78, 5) is 22.9. The fourth-order valence-corrected chi connectivity index (χ4v) is 2.80. The highest BCUT2D eigenvalue weighted by atomic mass is 32.2. The zero-order chi connectivity index (χ0) is 13.9. The van der Waals surface area contributed by atoms with E-state index in [1.54, 1.807) is 18.9 Å². The van der Waals surface area contributed by atoms with Gasteiger partial charge in [0, 0.05) is 18.9 Å². The minimum Gasteiger partial charge on any atom is -0.383 e. The highest BCUT2D eigenvalue weighted by Crippen LogP contribution is 2.19. The maximum Gasteiger partial charge on any atom is 0.239 e. The lowest BCUT2D eigenvalue weighted by Gasteiger charge is -2.21. The van der Waals surface area contributed by atoms with Crippen LogP contribution in [0.4, 0.5) is 0 Å². The molecule has 1 fully saturated rings. The van der Waals surface area contributed by atoms with Gasteiger partial charge in [-0.15, -0.1) is 11.8 Å². The van der Waals surface area contributed by atoms with Crippen LogP contribution >= 0.6 is 11.8 Å². The molecule has 3 N–H and O–H groups in total. The number of amides is 2. The summed E-state index contributed by atoms with van der Waals surface area (Å²) < 4.78 is 4.81. The molecule has 0 bridgehead atoms. The normalized spacial score (nSPS) is 16.1. The van der Waals surface area contributed by atoms with Gasteiger partial charge in [-0.3, -0.25) is 9.59 Å². The van der Waals surface area contributed by atoms with Gasteiger partial charge in [0.2, 0.25) is 11.8 Å². The summed E-state index contributed by atoms with van der Waals surface area (Å²) in [7, 11) is 1.58. The van der Waals surface area contributed by atoms with E-state index < -0.39 is 0 Å². The smallest absolute Gasteiger partial charge is 0.239 e. The zero-order valence-corrected chi connectivity index (χ0v) is 12.2. The van der Waals surface area contributed by atoms with Crippen molar-refractivity contribution in [2.24, 2.45) is 0 Å². The van der Waals surface area contributed by atoms with E-state index in [1.165, 1.54) is 0 Å². The number of thioether (sulfide) groups is 1. The Morgan fingerprint density at radius 3 is 2.68 bits per heavy atom. The summed E-state index contributed by atoms with van der Waals surface area (Å²) in [6, 6.07) is 0. The molecule has 1 heterocycles. The maximum absolute atomic E-state index is 11.6. The van der Waals surface area contributed by atoms with Crippen LogP contribution < -0.4 is 16.0 Å². The standard InChI is InChI=1S/C12H23N3O3S/c1-18-7-6-14-11(16)8-15-12(17)9-19-10-2-4-13-5-3-10/h10,13H,2-9H2,1H3,(H,14,16)(H,15,17). The second-order valence-corrected chi connectivity index (χ2v) is 5.67. The number of carbonyl (C=O) groups excluding carboxylic acids is 2. The lowest BCUT2D eigenvalue weighted by Crippen LogP contribution is -2.39. The monoisotopic (exact) mass is 289 g/mol. The molecular weight excluding hydrogens is 266 g/mol. The first-order valence-electron chi connectivity index (χ1n) is 6.57. The first-order valence-corrected chi connectivity index (χ1v) is 7.62. The van der Waals surface area contributed by atoms with Crippen LogP contribution in [-0.2, 0) is 14.3 Å². The molecule has 0 atom stereocenters. The molecule has 0 unspecified atom stereocenters. The molecule has 1 aliphatic heterocycles. The van der Waals surface area contributed by atoms with Gasteiger partial charge in [-0.1, -0.05) is 0 Å². The predicted octanol–water partition coefficient (Wildman–Crippen LogP) is -0.650. The van der Waals surface area contributed by atoms with E-state index in [2.05, 4.69) is 16.0 Å². The average molecular weight is 289 g/mol. The number of piperidine rings is 1. The molecule has 0 saturated carbocycles. The van der Waals surface area contributed by atoms with Gasteiger partial charge in [0.1, 0.15) is 0 Å². The number of nitrogens with one attached hydrogen (secondary N) is 3. The molecule has 2 amide bonds. The molecule has 0 spiro atoms. The second-order valence-electron chi connectivity index (χ2n) is 4.38. The van der Waals surface area contributed by atoms with E-state index in [4.69, 9.17) is 4.74 Å². The molecule has 1 rings (SSSR count). The summed E-state index contributed by atoms with van der Waals surface area (Å²) in [6.07, 6.45) is 2.21. The Morgan fingerprint density at radius 2 is 2.00 bits per heavy atom. The van der Waals surface area contributed by atoms with Crippen LogP contribution in [0.5, 0.6) is 0 Å². The van der Waals surface area contributed by atoms with Crippen molar-refractivity contribution in [2.45, 2.75) is 18.1 Å². The average Bonchev–Trinajstić information content (AvgIpc) is 2.44. The number of rotatable bonds is 8. The number of ether oxygens (including phenoxy) is 1. The van der Waals surface area contributed by atoms with Crippen LogP contribution in [0.1, 0.15) is 12.8 Å². The minimum atomic E-state index is -0.183. The summed E-state index contributed by atoms with van der Waals surface area (Å²) in [5.74, 6) is 0.165. The SMILES string of the molecule is COCCNC(=O)CNC(=O)CSC1CCNCC1. The molecule has 110 valence electrons. The highest BCUT2D eigenvalue weighted by Gasteiger charge is 2.15. The van der Waals surface area contributed by atoms with Crippen molar-refractivity contribution in [3.63, 3.8) is 0 Å². The lowest BCUT2D eigenvalue weighted by molar-refractivity contribution is -0.124. The van der Waals surface area contributed by atoms with Gasteiger partial charge in [-0.25, -0.2) is 0 Å². The van der Waals surface area contributed by atoms with Crippen LogP contribution in [0.2, 0.25) is 0 Å². The van der Waals surface area contributed by atoms with Crippen molar-refractivity contribution >= 4 is 23.6 Å². The highest BCUT2D eigenvalue weighted by molar-refractivity contribution is 8.00. The van der Waals surface area contributed by atoms with Crippen molar-refractivity contribution in [2.75, 3.05) is 45.6 Å². The molecule has 0 aliphatic carbocycles. The summed E-state index contributed by atoms with van der Waals surface area (Å²) >= 11 is 1.67. The van der Waals surface area contributed by atoms with Crippen LogP contribution in [-0.4, -0.2) is 62.7 Å². The largest absolute Gasteiger partial charge is 0.383 e. The summed E-state index contributed by atoms with van der Waals surface area (Å²) in [6.45, 7) is 3.04. The van der Waals surface area contributed by atoms with Crippen molar-refractivity contribution in [3.05, 3.63) is 0 Å². The van der Waals surface area contributed by atoms with Crippen molar-refractivity contribution in [1.29, 1.82) is 0 Å².